The molecule has 2 heterocycles. The van der Waals surface area contributed by atoms with Crippen LogP contribution in [0.5, 0.6) is 0 Å². The normalized spacial score (nSPS) is 19.0. The van der Waals surface area contributed by atoms with Crippen LogP contribution in [0.3, 0.4) is 0 Å². The highest BCUT2D eigenvalue weighted by Gasteiger charge is 2.20. The molecule has 1 atom stereocenters. The summed E-state index contributed by atoms with van der Waals surface area (Å²) in [6.07, 6.45) is 2.19. The molecule has 1 aliphatic heterocycles. The first-order valence-corrected chi connectivity index (χ1v) is 7.36. The van der Waals surface area contributed by atoms with Crippen LogP contribution in [-0.4, -0.2) is 49.0 Å². The van der Waals surface area contributed by atoms with Crippen LogP contribution < -0.4 is 10.6 Å². The topological polar surface area (TPSA) is 57.3 Å². The van der Waals surface area contributed by atoms with Crippen LogP contribution >= 0.6 is 0 Å². The molecule has 0 spiro atoms. The molecule has 110 valence electrons. The van der Waals surface area contributed by atoms with Gasteiger partial charge < -0.3 is 15.5 Å². The maximum atomic E-state index is 12.1. The second-order valence-electron chi connectivity index (χ2n) is 5.46. The summed E-state index contributed by atoms with van der Waals surface area (Å²) in [5.41, 5.74) is 0.484. The van der Waals surface area contributed by atoms with E-state index < -0.39 is 0 Å². The number of aromatic nitrogens is 1. The molecule has 0 radical (unpaired) electrons. The molecule has 20 heavy (non-hydrogen) atoms. The Morgan fingerprint density at radius 2 is 2.35 bits per heavy atom. The van der Waals surface area contributed by atoms with Crippen LogP contribution in [0.25, 0.3) is 0 Å². The van der Waals surface area contributed by atoms with Crippen LogP contribution in [0.4, 0.5) is 5.82 Å². The number of pyridine rings is 1. The van der Waals surface area contributed by atoms with Crippen molar-refractivity contribution in [3.05, 3.63) is 23.9 Å². The number of likely N-dealkylation sites (tertiary alicyclic amines) is 1. The molecule has 1 aromatic rings. The van der Waals surface area contributed by atoms with Crippen molar-refractivity contribution in [3.8, 4) is 0 Å². The second-order valence-corrected chi connectivity index (χ2v) is 5.46. The van der Waals surface area contributed by atoms with Crippen molar-refractivity contribution in [2.45, 2.75) is 19.8 Å². The first-order chi connectivity index (χ1) is 9.69. The van der Waals surface area contributed by atoms with Crippen LogP contribution in [0.15, 0.2) is 18.2 Å². The highest BCUT2D eigenvalue weighted by Crippen LogP contribution is 2.13. The van der Waals surface area contributed by atoms with E-state index in [9.17, 15) is 4.79 Å². The maximum absolute atomic E-state index is 12.1. The predicted octanol–water partition coefficient (Wildman–Crippen LogP) is 1.58. The van der Waals surface area contributed by atoms with Gasteiger partial charge in [0.05, 0.1) is 0 Å². The van der Waals surface area contributed by atoms with E-state index in [0.29, 0.717) is 11.6 Å². The molecule has 1 aromatic heterocycles. The van der Waals surface area contributed by atoms with Gasteiger partial charge in [-0.05, 0) is 44.5 Å². The number of hydrogen-bond donors (Lipinski definition) is 2. The van der Waals surface area contributed by atoms with Crippen molar-refractivity contribution in [2.75, 3.05) is 38.5 Å². The monoisotopic (exact) mass is 276 g/mol. The average molecular weight is 276 g/mol. The Morgan fingerprint density at radius 1 is 1.50 bits per heavy atom. The molecule has 5 heteroatoms. The number of hydrogen-bond acceptors (Lipinski definition) is 4. The van der Waals surface area contributed by atoms with E-state index in [-0.39, 0.29) is 5.91 Å². The standard InChI is InChI=1S/C15H24N4O/c1-3-8-16-14-6-4-5-13(18-14)15(20)17-10-12-7-9-19(2)11-12/h4-6,12H,3,7-11H2,1-2H3,(H,16,18)(H,17,20). The molecule has 2 N–H and O–H groups in total. The summed E-state index contributed by atoms with van der Waals surface area (Å²) in [7, 11) is 2.12. The Kier molecular flexibility index (Phi) is 5.35. The highest BCUT2D eigenvalue weighted by atomic mass is 16.1. The third-order valence-electron chi connectivity index (χ3n) is 3.58. The summed E-state index contributed by atoms with van der Waals surface area (Å²) in [6, 6.07) is 5.51. The Bertz CT molecular complexity index is 449. The van der Waals surface area contributed by atoms with Crippen molar-refractivity contribution >= 4 is 11.7 Å². The zero-order valence-corrected chi connectivity index (χ0v) is 12.4. The largest absolute Gasteiger partial charge is 0.370 e. The van der Waals surface area contributed by atoms with Crippen LogP contribution in [0.1, 0.15) is 30.3 Å². The molecular formula is C15H24N4O. The first-order valence-electron chi connectivity index (χ1n) is 7.36. The Morgan fingerprint density at radius 3 is 3.05 bits per heavy atom. The molecule has 1 aliphatic rings. The van der Waals surface area contributed by atoms with Gasteiger partial charge in [-0.25, -0.2) is 4.98 Å². The number of rotatable bonds is 6. The van der Waals surface area contributed by atoms with Crippen molar-refractivity contribution < 1.29 is 4.79 Å². The Labute approximate surface area is 120 Å². The molecule has 1 unspecified atom stereocenters. The lowest BCUT2D eigenvalue weighted by Gasteiger charge is -2.12. The van der Waals surface area contributed by atoms with Gasteiger partial charge in [-0.3, -0.25) is 4.79 Å². The summed E-state index contributed by atoms with van der Waals surface area (Å²) in [6.45, 7) is 5.88. The van der Waals surface area contributed by atoms with Gasteiger partial charge in [0, 0.05) is 19.6 Å². The fourth-order valence-corrected chi connectivity index (χ4v) is 2.43. The van der Waals surface area contributed by atoms with E-state index in [2.05, 4.69) is 34.5 Å². The minimum atomic E-state index is -0.0836. The molecule has 2 rings (SSSR count). The Balaban J connectivity index is 1.85. The number of carbonyl (C=O) groups excluding carboxylic acids is 1. The third kappa shape index (κ3) is 4.20. The van der Waals surface area contributed by atoms with Gasteiger partial charge >= 0.3 is 0 Å². The van der Waals surface area contributed by atoms with Gasteiger partial charge in [-0.1, -0.05) is 13.0 Å². The van der Waals surface area contributed by atoms with Crippen LogP contribution in [-0.2, 0) is 0 Å². The lowest BCUT2D eigenvalue weighted by molar-refractivity contribution is 0.0942. The van der Waals surface area contributed by atoms with Crippen molar-refractivity contribution in [2.24, 2.45) is 5.92 Å². The van der Waals surface area contributed by atoms with Crippen LogP contribution in [0.2, 0.25) is 0 Å². The van der Waals surface area contributed by atoms with Gasteiger partial charge in [0.1, 0.15) is 11.5 Å². The molecule has 0 aliphatic carbocycles. The first kappa shape index (κ1) is 14.8. The number of amides is 1. The van der Waals surface area contributed by atoms with Crippen molar-refractivity contribution in [1.82, 2.24) is 15.2 Å². The molecule has 0 aromatic carbocycles. The second kappa shape index (κ2) is 7.24. The molecular weight excluding hydrogens is 252 g/mol. The lowest BCUT2D eigenvalue weighted by atomic mass is 10.1. The van der Waals surface area contributed by atoms with Gasteiger partial charge in [-0.2, -0.15) is 0 Å². The smallest absolute Gasteiger partial charge is 0.269 e. The minimum Gasteiger partial charge on any atom is -0.370 e. The minimum absolute atomic E-state index is 0.0836. The van der Waals surface area contributed by atoms with Crippen LogP contribution in [0, 0.1) is 5.92 Å². The number of nitrogens with zero attached hydrogens (tertiary/aromatic N) is 2. The fraction of sp³-hybridized carbons (Fsp3) is 0.600. The van der Waals surface area contributed by atoms with E-state index in [0.717, 1.165) is 44.8 Å². The predicted molar refractivity (Wildman–Crippen MR) is 81.0 cm³/mol. The zero-order valence-electron chi connectivity index (χ0n) is 12.4. The third-order valence-corrected chi connectivity index (χ3v) is 3.58. The summed E-state index contributed by atoms with van der Waals surface area (Å²) in [5.74, 6) is 1.24. The van der Waals surface area contributed by atoms with Gasteiger partial charge in [0.2, 0.25) is 0 Å². The quantitative estimate of drug-likeness (QED) is 0.828. The lowest BCUT2D eigenvalue weighted by Crippen LogP contribution is -2.31. The average Bonchev–Trinajstić information content (AvgIpc) is 2.88. The molecule has 1 fully saturated rings. The van der Waals surface area contributed by atoms with E-state index in [1.165, 1.54) is 0 Å². The number of nitrogens with one attached hydrogen (secondary N) is 2. The van der Waals surface area contributed by atoms with E-state index >= 15 is 0 Å². The SMILES string of the molecule is CCCNc1cccc(C(=O)NCC2CCN(C)C2)n1. The van der Waals surface area contributed by atoms with E-state index in [1.807, 2.05) is 12.1 Å². The molecule has 1 amide bonds. The summed E-state index contributed by atoms with van der Waals surface area (Å²) < 4.78 is 0. The maximum Gasteiger partial charge on any atom is 0.269 e. The molecule has 0 bridgehead atoms. The van der Waals surface area contributed by atoms with Gasteiger partial charge in [0.15, 0.2) is 0 Å². The zero-order chi connectivity index (χ0) is 14.4. The van der Waals surface area contributed by atoms with Gasteiger partial charge in [-0.15, -0.1) is 0 Å². The number of carbonyl (C=O) groups is 1. The summed E-state index contributed by atoms with van der Waals surface area (Å²) in [4.78, 5) is 18.7. The van der Waals surface area contributed by atoms with E-state index in [1.54, 1.807) is 6.07 Å². The molecule has 1 saturated heterocycles. The van der Waals surface area contributed by atoms with Crippen molar-refractivity contribution in [1.29, 1.82) is 0 Å². The Hall–Kier alpha value is -1.62. The highest BCUT2D eigenvalue weighted by molar-refractivity contribution is 5.92. The number of anilines is 1. The molecule has 0 saturated carbocycles. The summed E-state index contributed by atoms with van der Waals surface area (Å²) in [5, 5.41) is 6.18. The van der Waals surface area contributed by atoms with Crippen molar-refractivity contribution in [3.63, 3.8) is 0 Å². The molecule has 5 nitrogen and oxygen atoms in total. The van der Waals surface area contributed by atoms with Gasteiger partial charge in [0.25, 0.3) is 5.91 Å². The summed E-state index contributed by atoms with van der Waals surface area (Å²) >= 11 is 0. The van der Waals surface area contributed by atoms with E-state index in [4.69, 9.17) is 0 Å². The fourth-order valence-electron chi connectivity index (χ4n) is 2.43.